The minimum absolute atomic E-state index is 0.0303. The van der Waals surface area contributed by atoms with Gasteiger partial charge >= 0.3 is 0 Å². The van der Waals surface area contributed by atoms with Crippen LogP contribution in [0.2, 0.25) is 0 Å². The fraction of sp³-hybridized carbons (Fsp3) is 0.259. The Hall–Kier alpha value is -6.90. The molecule has 2 atom stereocenters. The van der Waals surface area contributed by atoms with Crippen LogP contribution < -0.4 is 0 Å². The molecule has 0 aliphatic carbocycles. The maximum Gasteiger partial charge on any atom is 0.175 e. The molecule has 0 radical (unpaired) electrons. The zero-order chi connectivity index (χ0) is 48.1. The molecule has 348 valence electrons. The Morgan fingerprint density at radius 1 is 0.515 bits per heavy atom. The first-order valence-electron chi connectivity index (χ1n) is 22.8. The molecule has 12 nitrogen and oxygen atoms in total. The van der Waals surface area contributed by atoms with E-state index >= 15 is 0 Å². The Kier molecular flexibility index (Phi) is 12.4. The van der Waals surface area contributed by atoms with Crippen molar-refractivity contribution < 1.29 is 25.9 Å². The predicted octanol–water partition coefficient (Wildman–Crippen LogP) is 12.5. The number of aromatic nitrogens is 6. The van der Waals surface area contributed by atoms with E-state index in [-0.39, 0.29) is 12.1 Å². The Morgan fingerprint density at radius 2 is 0.897 bits per heavy atom. The summed E-state index contributed by atoms with van der Waals surface area (Å²) in [6.45, 7) is 12.0. The van der Waals surface area contributed by atoms with Crippen LogP contribution in [0.4, 0.5) is 0 Å². The van der Waals surface area contributed by atoms with Gasteiger partial charge in [-0.25, -0.2) is 16.8 Å². The molecule has 2 unspecified atom stereocenters. The van der Waals surface area contributed by atoms with E-state index in [0.29, 0.717) is 9.79 Å². The number of aryl methyl sites for hydroxylation is 4. The van der Waals surface area contributed by atoms with E-state index in [1.54, 1.807) is 24.3 Å². The quantitative estimate of drug-likeness (QED) is 0.115. The van der Waals surface area contributed by atoms with Gasteiger partial charge in [-0.3, -0.25) is 9.97 Å². The van der Waals surface area contributed by atoms with Crippen molar-refractivity contribution in [2.24, 2.45) is 0 Å². The molecule has 0 saturated heterocycles. The molecule has 0 fully saturated rings. The number of pyridine rings is 2. The Morgan fingerprint density at radius 3 is 1.22 bits per heavy atom. The lowest BCUT2D eigenvalue weighted by molar-refractivity contribution is 0.393. The maximum absolute atomic E-state index is 12.4. The molecule has 0 aliphatic heterocycles. The number of hydrogen-bond donors (Lipinski definition) is 0. The second kappa shape index (κ2) is 18.3. The van der Waals surface area contributed by atoms with Crippen LogP contribution in [-0.4, -0.2) is 58.8 Å². The normalized spacial score (nSPS) is 13.1. The summed E-state index contributed by atoms with van der Waals surface area (Å²) < 4.78 is 65.0. The highest BCUT2D eigenvalue weighted by Crippen LogP contribution is 2.41. The van der Waals surface area contributed by atoms with E-state index in [4.69, 9.17) is 19.0 Å². The van der Waals surface area contributed by atoms with Crippen molar-refractivity contribution in [3.8, 4) is 22.3 Å². The fourth-order valence-electron chi connectivity index (χ4n) is 9.75. The van der Waals surface area contributed by atoms with Crippen molar-refractivity contribution >= 4 is 63.5 Å². The standard InChI is InChI=1S/2C27H27N3O3S/c2*1-5-9-23(19-10-7-6-8-11-19)30-24-15-21(34(4,31)32)12-13-22(24)27-25(30)14-20(16-28-27)26-17(2)29-33-18(26)3/h2*6-8,10-16,23H,5,9H2,1-4H3. The second-order valence-electron chi connectivity index (χ2n) is 17.7. The van der Waals surface area contributed by atoms with Gasteiger partial charge in [0.2, 0.25) is 0 Å². The first-order valence-corrected chi connectivity index (χ1v) is 26.6. The van der Waals surface area contributed by atoms with Gasteiger partial charge in [0.1, 0.15) is 11.5 Å². The Balaban J connectivity index is 0.000000170. The zero-order valence-electron chi connectivity index (χ0n) is 39.5. The van der Waals surface area contributed by atoms with Crippen LogP contribution in [0.15, 0.2) is 140 Å². The van der Waals surface area contributed by atoms with E-state index in [1.807, 2.05) is 88.6 Å². The summed E-state index contributed by atoms with van der Waals surface area (Å²) in [5, 5.41) is 10.1. The molecule has 6 aromatic heterocycles. The number of benzene rings is 4. The van der Waals surface area contributed by atoms with Crippen molar-refractivity contribution in [1.82, 2.24) is 29.4 Å². The minimum atomic E-state index is -3.36. The molecule has 0 N–H and O–H groups in total. The number of nitrogens with zero attached hydrogens (tertiary/aromatic N) is 6. The molecular formula is C54H54N6O6S2. The summed E-state index contributed by atoms with van der Waals surface area (Å²) in [5.74, 6) is 1.49. The van der Waals surface area contributed by atoms with E-state index in [0.717, 1.165) is 115 Å². The van der Waals surface area contributed by atoms with Crippen molar-refractivity contribution in [2.75, 3.05) is 12.5 Å². The molecule has 14 heteroatoms. The first-order chi connectivity index (χ1) is 32.6. The van der Waals surface area contributed by atoms with Crippen LogP contribution in [0.25, 0.3) is 66.1 Å². The third-order valence-corrected chi connectivity index (χ3v) is 15.1. The number of sulfone groups is 2. The highest BCUT2D eigenvalue weighted by molar-refractivity contribution is 7.91. The van der Waals surface area contributed by atoms with Gasteiger partial charge < -0.3 is 18.2 Å². The monoisotopic (exact) mass is 946 g/mol. The predicted molar refractivity (Wildman–Crippen MR) is 270 cm³/mol. The van der Waals surface area contributed by atoms with E-state index in [9.17, 15) is 16.8 Å². The van der Waals surface area contributed by atoms with Crippen LogP contribution in [0, 0.1) is 27.7 Å². The SMILES string of the molecule is CCCC(c1ccccc1)n1c2cc(S(C)(=O)=O)ccc2c2ncc(-c3c(C)noc3C)cc21.CCCC(c1ccccc1)n1c2cc(S(C)(=O)=O)ccc2c2ncc(-c3c(C)noc3C)cc21. The van der Waals surface area contributed by atoms with Crippen LogP contribution >= 0.6 is 0 Å². The number of rotatable bonds is 12. The van der Waals surface area contributed by atoms with Crippen molar-refractivity contribution in [3.05, 3.63) is 156 Å². The average molecular weight is 947 g/mol. The largest absolute Gasteiger partial charge is 0.361 e. The average Bonchev–Trinajstić information content (AvgIpc) is 4.05. The topological polar surface area (TPSA) is 156 Å². The maximum atomic E-state index is 12.4. The van der Waals surface area contributed by atoms with Gasteiger partial charge in [-0.2, -0.15) is 0 Å². The molecule has 4 aromatic carbocycles. The van der Waals surface area contributed by atoms with Gasteiger partial charge in [-0.1, -0.05) is 97.7 Å². The first kappa shape index (κ1) is 46.2. The highest BCUT2D eigenvalue weighted by atomic mass is 32.2. The number of fused-ring (bicyclic) bond motifs is 6. The molecule has 0 spiro atoms. The van der Waals surface area contributed by atoms with Gasteiger partial charge in [0.05, 0.1) is 66.4 Å². The third kappa shape index (κ3) is 8.51. The van der Waals surface area contributed by atoms with Crippen LogP contribution in [0.3, 0.4) is 0 Å². The third-order valence-electron chi connectivity index (χ3n) is 12.8. The summed E-state index contributed by atoms with van der Waals surface area (Å²) in [6.07, 6.45) is 9.95. The molecular weight excluding hydrogens is 893 g/mol. The van der Waals surface area contributed by atoms with E-state index in [1.165, 1.54) is 23.6 Å². The Bertz CT molecular complexity index is 3440. The van der Waals surface area contributed by atoms with Crippen molar-refractivity contribution in [1.29, 1.82) is 0 Å². The Labute approximate surface area is 396 Å². The van der Waals surface area contributed by atoms with Gasteiger partial charge in [0.15, 0.2) is 19.7 Å². The van der Waals surface area contributed by atoms with Gasteiger partial charge in [-0.05, 0) is 100 Å². The minimum Gasteiger partial charge on any atom is -0.361 e. The summed E-state index contributed by atoms with van der Waals surface area (Å²) >= 11 is 0. The molecule has 0 amide bonds. The molecule has 10 aromatic rings. The molecule has 0 bridgehead atoms. The van der Waals surface area contributed by atoms with Gasteiger partial charge in [-0.15, -0.1) is 0 Å². The lowest BCUT2D eigenvalue weighted by atomic mass is 10.0. The van der Waals surface area contributed by atoms with E-state index < -0.39 is 19.7 Å². The summed E-state index contributed by atoms with van der Waals surface area (Å²) in [7, 11) is -6.72. The van der Waals surface area contributed by atoms with Crippen LogP contribution in [0.5, 0.6) is 0 Å². The molecule has 0 saturated carbocycles. The van der Waals surface area contributed by atoms with Gasteiger partial charge in [0.25, 0.3) is 0 Å². The fourth-order valence-corrected chi connectivity index (χ4v) is 11.0. The summed E-state index contributed by atoms with van der Waals surface area (Å²) in [4.78, 5) is 10.3. The van der Waals surface area contributed by atoms with Gasteiger partial charge in [0, 0.05) is 57.9 Å². The van der Waals surface area contributed by atoms with Crippen molar-refractivity contribution in [2.45, 2.75) is 89.1 Å². The molecule has 68 heavy (non-hydrogen) atoms. The molecule has 6 heterocycles. The molecule has 0 aliphatic rings. The smallest absolute Gasteiger partial charge is 0.175 e. The lowest BCUT2D eigenvalue weighted by Gasteiger charge is -2.22. The van der Waals surface area contributed by atoms with E-state index in [2.05, 4.69) is 69.7 Å². The van der Waals surface area contributed by atoms with Crippen molar-refractivity contribution in [3.63, 3.8) is 0 Å². The highest BCUT2D eigenvalue weighted by Gasteiger charge is 2.26. The van der Waals surface area contributed by atoms with Crippen LogP contribution in [-0.2, 0) is 19.7 Å². The van der Waals surface area contributed by atoms with Crippen LogP contribution in [0.1, 0.15) is 85.6 Å². The molecule has 10 rings (SSSR count). The number of hydrogen-bond acceptors (Lipinski definition) is 10. The lowest BCUT2D eigenvalue weighted by Crippen LogP contribution is -2.11. The summed E-state index contributed by atoms with van der Waals surface area (Å²) in [5.41, 5.74) is 13.1. The zero-order valence-corrected chi connectivity index (χ0v) is 41.1. The summed E-state index contributed by atoms with van der Waals surface area (Å²) in [6, 6.07) is 35.7. The second-order valence-corrected chi connectivity index (χ2v) is 21.7.